The number of hydrogen-bond donors (Lipinski definition) is 2. The van der Waals surface area contributed by atoms with Gasteiger partial charge in [-0.3, -0.25) is 9.79 Å². The Bertz CT molecular complexity index is 400. The highest BCUT2D eigenvalue weighted by Gasteiger charge is 2.26. The molecule has 2 N–H and O–H groups in total. The number of halogens is 1. The highest BCUT2D eigenvalue weighted by molar-refractivity contribution is 14.0. The molecule has 0 radical (unpaired) electrons. The fourth-order valence-electron chi connectivity index (χ4n) is 2.95. The van der Waals surface area contributed by atoms with Crippen LogP contribution in [0.3, 0.4) is 0 Å². The van der Waals surface area contributed by atoms with Gasteiger partial charge in [0.25, 0.3) is 0 Å². The quantitative estimate of drug-likeness (QED) is 0.351. The van der Waals surface area contributed by atoms with Crippen LogP contribution in [0.5, 0.6) is 0 Å². The minimum Gasteiger partial charge on any atom is -0.355 e. The van der Waals surface area contributed by atoms with Crippen molar-refractivity contribution in [1.29, 1.82) is 0 Å². The van der Waals surface area contributed by atoms with E-state index in [2.05, 4.69) is 48.5 Å². The van der Waals surface area contributed by atoms with E-state index in [0.717, 1.165) is 38.4 Å². The van der Waals surface area contributed by atoms with Gasteiger partial charge in [0.2, 0.25) is 5.91 Å². The van der Waals surface area contributed by atoms with Crippen LogP contribution in [-0.4, -0.2) is 74.5 Å². The van der Waals surface area contributed by atoms with Gasteiger partial charge in [0.15, 0.2) is 5.96 Å². The van der Waals surface area contributed by atoms with E-state index < -0.39 is 0 Å². The molecular weight excluding hydrogens is 417 g/mol. The summed E-state index contributed by atoms with van der Waals surface area (Å²) in [6.45, 7) is 8.91. The molecule has 2 atom stereocenters. The number of amides is 1. The molecule has 142 valence electrons. The highest BCUT2D eigenvalue weighted by atomic mass is 127. The second-order valence-electron chi connectivity index (χ2n) is 7.02. The lowest BCUT2D eigenvalue weighted by Gasteiger charge is -2.27. The lowest BCUT2D eigenvalue weighted by atomic mass is 10.0. The predicted molar refractivity (Wildman–Crippen MR) is 112 cm³/mol. The third-order valence-electron chi connectivity index (χ3n) is 4.39. The third-order valence-corrected chi connectivity index (χ3v) is 4.39. The number of carbonyl (C=O) groups excluding carboxylic acids is 1. The number of aliphatic imine (C=N–C) groups is 1. The molecule has 0 aromatic heterocycles. The molecule has 6 nitrogen and oxygen atoms in total. The Morgan fingerprint density at radius 3 is 2.54 bits per heavy atom. The lowest BCUT2D eigenvalue weighted by Crippen LogP contribution is -2.49. The van der Waals surface area contributed by atoms with Gasteiger partial charge in [-0.2, -0.15) is 0 Å². The molecule has 7 heteroatoms. The van der Waals surface area contributed by atoms with Crippen molar-refractivity contribution >= 4 is 35.8 Å². The van der Waals surface area contributed by atoms with Crippen LogP contribution in [0.25, 0.3) is 0 Å². The molecular formula is C17H36IN5O. The first-order valence-corrected chi connectivity index (χ1v) is 8.78. The molecule has 1 heterocycles. The smallest absolute Gasteiger partial charge is 0.222 e. The number of hydrogen-bond acceptors (Lipinski definition) is 3. The Morgan fingerprint density at radius 1 is 1.38 bits per heavy atom. The molecule has 1 saturated heterocycles. The molecule has 0 aliphatic carbocycles. The maximum Gasteiger partial charge on any atom is 0.222 e. The van der Waals surface area contributed by atoms with E-state index >= 15 is 0 Å². The van der Waals surface area contributed by atoms with Gasteiger partial charge in [-0.25, -0.2) is 0 Å². The van der Waals surface area contributed by atoms with Crippen molar-refractivity contribution in [3.05, 3.63) is 0 Å². The Labute approximate surface area is 164 Å². The molecule has 1 aliphatic heterocycles. The summed E-state index contributed by atoms with van der Waals surface area (Å²) in [6.07, 6.45) is 2.72. The Kier molecular flexibility index (Phi) is 11.6. The predicted octanol–water partition coefficient (Wildman–Crippen LogP) is 1.76. The largest absolute Gasteiger partial charge is 0.355 e. The molecule has 0 bridgehead atoms. The summed E-state index contributed by atoms with van der Waals surface area (Å²) in [6, 6.07) is 0.773. The van der Waals surface area contributed by atoms with Gasteiger partial charge in [-0.05, 0) is 32.9 Å². The standard InChI is InChI=1S/C17H35N5O.HI/c1-7-16(23)22-9-8-14(12-22)20-17(18-4)19-11-15(21(5)6)10-13(2)3;/h13-15H,7-12H2,1-6H3,(H2,18,19,20);1H. The van der Waals surface area contributed by atoms with E-state index in [1.807, 2.05) is 11.8 Å². The van der Waals surface area contributed by atoms with Gasteiger partial charge in [-0.1, -0.05) is 20.8 Å². The van der Waals surface area contributed by atoms with E-state index in [0.29, 0.717) is 24.4 Å². The fraction of sp³-hybridized carbons (Fsp3) is 0.882. The Balaban J connectivity index is 0.00000529. The Morgan fingerprint density at radius 2 is 2.04 bits per heavy atom. The number of guanidine groups is 1. The van der Waals surface area contributed by atoms with Crippen molar-refractivity contribution in [3.8, 4) is 0 Å². The van der Waals surface area contributed by atoms with E-state index in [9.17, 15) is 4.79 Å². The third kappa shape index (κ3) is 8.00. The van der Waals surface area contributed by atoms with Crippen molar-refractivity contribution < 1.29 is 4.79 Å². The normalized spacial score (nSPS) is 19.4. The van der Waals surface area contributed by atoms with E-state index in [4.69, 9.17) is 0 Å². The fourth-order valence-corrected chi connectivity index (χ4v) is 2.95. The molecule has 0 aromatic carbocycles. The molecule has 1 fully saturated rings. The minimum atomic E-state index is 0. The molecule has 1 aliphatic rings. The molecule has 0 saturated carbocycles. The maximum absolute atomic E-state index is 11.8. The number of likely N-dealkylation sites (tertiary alicyclic amines) is 1. The zero-order chi connectivity index (χ0) is 17.4. The van der Waals surface area contributed by atoms with Gasteiger partial charge in [0.1, 0.15) is 0 Å². The van der Waals surface area contributed by atoms with Gasteiger partial charge in [0.05, 0.1) is 0 Å². The van der Waals surface area contributed by atoms with Crippen LogP contribution in [0, 0.1) is 5.92 Å². The molecule has 1 amide bonds. The summed E-state index contributed by atoms with van der Waals surface area (Å²) in [7, 11) is 6.04. The minimum absolute atomic E-state index is 0. The number of rotatable bonds is 7. The van der Waals surface area contributed by atoms with Crippen LogP contribution in [0.1, 0.15) is 40.0 Å². The molecule has 0 spiro atoms. The summed E-state index contributed by atoms with van der Waals surface area (Å²) in [5, 5.41) is 6.88. The molecule has 2 unspecified atom stereocenters. The lowest BCUT2D eigenvalue weighted by molar-refractivity contribution is -0.129. The van der Waals surface area contributed by atoms with E-state index in [-0.39, 0.29) is 29.9 Å². The van der Waals surface area contributed by atoms with E-state index in [1.165, 1.54) is 0 Å². The zero-order valence-corrected chi connectivity index (χ0v) is 18.5. The maximum atomic E-state index is 11.8. The first-order chi connectivity index (χ1) is 10.9. The van der Waals surface area contributed by atoms with Crippen LogP contribution in [0.4, 0.5) is 0 Å². The van der Waals surface area contributed by atoms with Gasteiger partial charge in [0, 0.05) is 45.2 Å². The van der Waals surface area contributed by atoms with Gasteiger partial charge in [-0.15, -0.1) is 24.0 Å². The first-order valence-electron chi connectivity index (χ1n) is 8.78. The van der Waals surface area contributed by atoms with E-state index in [1.54, 1.807) is 7.05 Å². The number of nitrogens with one attached hydrogen (secondary N) is 2. The second-order valence-corrected chi connectivity index (χ2v) is 7.02. The summed E-state index contributed by atoms with van der Waals surface area (Å²) in [4.78, 5) is 20.3. The second kappa shape index (κ2) is 11.9. The average molecular weight is 453 g/mol. The molecule has 1 rings (SSSR count). The Hall–Kier alpha value is -0.570. The number of likely N-dealkylation sites (N-methyl/N-ethyl adjacent to an activating group) is 1. The summed E-state index contributed by atoms with van der Waals surface area (Å²) in [5.74, 6) is 1.74. The van der Waals surface area contributed by atoms with Crippen LogP contribution in [0.15, 0.2) is 4.99 Å². The van der Waals surface area contributed by atoms with Crippen molar-refractivity contribution in [2.45, 2.75) is 52.1 Å². The monoisotopic (exact) mass is 453 g/mol. The highest BCUT2D eigenvalue weighted by Crippen LogP contribution is 2.11. The van der Waals surface area contributed by atoms with Crippen molar-refractivity contribution in [3.63, 3.8) is 0 Å². The topological polar surface area (TPSA) is 60.0 Å². The van der Waals surface area contributed by atoms with Crippen molar-refractivity contribution in [1.82, 2.24) is 20.4 Å². The summed E-state index contributed by atoms with van der Waals surface area (Å²) < 4.78 is 0. The van der Waals surface area contributed by atoms with Crippen LogP contribution in [0.2, 0.25) is 0 Å². The van der Waals surface area contributed by atoms with Crippen molar-refractivity contribution in [2.24, 2.45) is 10.9 Å². The van der Waals surface area contributed by atoms with Crippen LogP contribution < -0.4 is 10.6 Å². The molecule has 24 heavy (non-hydrogen) atoms. The summed E-state index contributed by atoms with van der Waals surface area (Å²) >= 11 is 0. The van der Waals surface area contributed by atoms with Gasteiger partial charge < -0.3 is 20.4 Å². The number of carbonyl (C=O) groups is 1. The number of nitrogens with zero attached hydrogens (tertiary/aromatic N) is 3. The first kappa shape index (κ1) is 23.4. The molecule has 0 aromatic rings. The average Bonchev–Trinajstić information content (AvgIpc) is 2.97. The van der Waals surface area contributed by atoms with Crippen LogP contribution >= 0.6 is 24.0 Å². The zero-order valence-electron chi connectivity index (χ0n) is 16.1. The van der Waals surface area contributed by atoms with Gasteiger partial charge >= 0.3 is 0 Å². The SMILES string of the molecule is CCC(=O)N1CCC(NC(=NC)NCC(CC(C)C)N(C)C)C1.I. The van der Waals surface area contributed by atoms with Crippen LogP contribution in [-0.2, 0) is 4.79 Å². The van der Waals surface area contributed by atoms with Crippen molar-refractivity contribution in [2.75, 3.05) is 40.8 Å². The summed E-state index contributed by atoms with van der Waals surface area (Å²) in [5.41, 5.74) is 0.